The van der Waals surface area contributed by atoms with Gasteiger partial charge in [0.2, 0.25) is 0 Å². The molecule has 0 bridgehead atoms. The van der Waals surface area contributed by atoms with Crippen molar-refractivity contribution in [1.29, 1.82) is 0 Å². The Balaban J connectivity index is 1.52. The minimum atomic E-state index is 0.291. The summed E-state index contributed by atoms with van der Waals surface area (Å²) in [4.78, 5) is 8.91. The molecule has 0 spiro atoms. The van der Waals surface area contributed by atoms with Crippen molar-refractivity contribution < 1.29 is 0 Å². The smallest absolute Gasteiger partial charge is 0.176 e. The van der Waals surface area contributed by atoms with Gasteiger partial charge in [-0.1, -0.05) is 13.8 Å². The Bertz CT molecular complexity index is 846. The molecule has 1 aliphatic rings. The summed E-state index contributed by atoms with van der Waals surface area (Å²) in [6.07, 6.45) is 1.95. The molecule has 0 unspecified atom stereocenters. The van der Waals surface area contributed by atoms with E-state index in [2.05, 4.69) is 44.4 Å². The lowest BCUT2D eigenvalue weighted by Crippen LogP contribution is -2.32. The molecule has 1 aliphatic heterocycles. The van der Waals surface area contributed by atoms with Crippen LogP contribution in [0.2, 0.25) is 0 Å². The summed E-state index contributed by atoms with van der Waals surface area (Å²) < 4.78 is 3.59. The monoisotopic (exact) mass is 312 g/mol. The van der Waals surface area contributed by atoms with Crippen LogP contribution in [0.1, 0.15) is 43.7 Å². The van der Waals surface area contributed by atoms with E-state index in [9.17, 15) is 0 Å². The molecule has 3 aromatic heterocycles. The molecule has 3 aromatic rings. The number of hydrogen-bond acceptors (Lipinski definition) is 6. The van der Waals surface area contributed by atoms with Gasteiger partial charge in [-0.15, -0.1) is 14.8 Å². The largest absolute Gasteiger partial charge is 0.364 e. The molecule has 4 rings (SSSR count). The molecular formula is C15H20N8. The Morgan fingerprint density at radius 1 is 1.17 bits per heavy atom. The summed E-state index contributed by atoms with van der Waals surface area (Å²) >= 11 is 0. The van der Waals surface area contributed by atoms with Crippen molar-refractivity contribution in [2.45, 2.75) is 52.1 Å². The molecule has 0 amide bonds. The minimum absolute atomic E-state index is 0.291. The molecule has 1 N–H and O–H groups in total. The Morgan fingerprint density at radius 2 is 2.04 bits per heavy atom. The molecule has 0 saturated heterocycles. The van der Waals surface area contributed by atoms with E-state index in [1.165, 1.54) is 0 Å². The summed E-state index contributed by atoms with van der Waals surface area (Å²) in [5.74, 6) is 3.90. The molecule has 4 heterocycles. The first-order valence-corrected chi connectivity index (χ1v) is 7.99. The summed E-state index contributed by atoms with van der Waals surface area (Å²) in [7, 11) is 0. The maximum Gasteiger partial charge on any atom is 0.176 e. The van der Waals surface area contributed by atoms with Gasteiger partial charge in [-0.3, -0.25) is 0 Å². The lowest BCUT2D eigenvalue weighted by Gasteiger charge is -2.23. The first-order chi connectivity index (χ1) is 11.1. The van der Waals surface area contributed by atoms with E-state index >= 15 is 0 Å². The fourth-order valence-electron chi connectivity index (χ4n) is 2.86. The molecule has 0 aromatic carbocycles. The number of aromatic nitrogens is 7. The van der Waals surface area contributed by atoms with E-state index in [0.717, 1.165) is 48.3 Å². The molecular weight excluding hydrogens is 292 g/mol. The highest BCUT2D eigenvalue weighted by molar-refractivity contribution is 5.43. The van der Waals surface area contributed by atoms with Crippen molar-refractivity contribution in [1.82, 2.24) is 34.6 Å². The highest BCUT2D eigenvalue weighted by Crippen LogP contribution is 2.19. The van der Waals surface area contributed by atoms with Crippen molar-refractivity contribution in [3.63, 3.8) is 0 Å². The average molecular weight is 312 g/mol. The maximum absolute atomic E-state index is 4.62. The molecule has 0 fully saturated rings. The van der Waals surface area contributed by atoms with Crippen LogP contribution in [0.4, 0.5) is 5.82 Å². The van der Waals surface area contributed by atoms with Crippen LogP contribution in [-0.2, 0) is 13.0 Å². The van der Waals surface area contributed by atoms with E-state index < -0.39 is 0 Å². The predicted octanol–water partition coefficient (Wildman–Crippen LogP) is 1.57. The van der Waals surface area contributed by atoms with E-state index in [-0.39, 0.29) is 0 Å². The average Bonchev–Trinajstić information content (AvgIpc) is 3.08. The zero-order valence-corrected chi connectivity index (χ0v) is 13.6. The van der Waals surface area contributed by atoms with E-state index in [0.29, 0.717) is 12.0 Å². The van der Waals surface area contributed by atoms with Crippen molar-refractivity contribution >= 4 is 11.5 Å². The first-order valence-electron chi connectivity index (χ1n) is 7.99. The van der Waals surface area contributed by atoms with Gasteiger partial charge in [0.05, 0.1) is 6.54 Å². The SMILES string of the molecule is Cc1nc2ccc(N[C@@H]3CCc4nc(C(C)C)nn4C3)nn2n1. The summed E-state index contributed by atoms with van der Waals surface area (Å²) in [5.41, 5.74) is 0.761. The Kier molecular flexibility index (Phi) is 3.24. The van der Waals surface area contributed by atoms with Crippen molar-refractivity contribution in [2.24, 2.45) is 0 Å². The van der Waals surface area contributed by atoms with Crippen LogP contribution in [0.15, 0.2) is 12.1 Å². The number of anilines is 1. The van der Waals surface area contributed by atoms with E-state index in [4.69, 9.17) is 0 Å². The zero-order chi connectivity index (χ0) is 16.0. The van der Waals surface area contributed by atoms with Crippen LogP contribution in [-0.4, -0.2) is 40.6 Å². The summed E-state index contributed by atoms with van der Waals surface area (Å²) in [6, 6.07) is 4.16. The topological polar surface area (TPSA) is 85.8 Å². The summed E-state index contributed by atoms with van der Waals surface area (Å²) in [6.45, 7) is 6.92. The van der Waals surface area contributed by atoms with Gasteiger partial charge < -0.3 is 5.32 Å². The van der Waals surface area contributed by atoms with Gasteiger partial charge in [-0.05, 0) is 25.5 Å². The van der Waals surface area contributed by atoms with E-state index in [1.54, 1.807) is 4.63 Å². The molecule has 1 atom stereocenters. The van der Waals surface area contributed by atoms with Gasteiger partial charge >= 0.3 is 0 Å². The second kappa shape index (κ2) is 5.29. The number of fused-ring (bicyclic) bond motifs is 2. The van der Waals surface area contributed by atoms with Gasteiger partial charge in [0.15, 0.2) is 11.5 Å². The Morgan fingerprint density at radius 3 is 2.87 bits per heavy atom. The summed E-state index contributed by atoms with van der Waals surface area (Å²) in [5, 5.41) is 16.8. The van der Waals surface area contributed by atoms with Crippen LogP contribution >= 0.6 is 0 Å². The predicted molar refractivity (Wildman–Crippen MR) is 85.4 cm³/mol. The lowest BCUT2D eigenvalue weighted by molar-refractivity contribution is 0.438. The van der Waals surface area contributed by atoms with Gasteiger partial charge in [0, 0.05) is 18.4 Å². The van der Waals surface area contributed by atoms with Crippen LogP contribution < -0.4 is 5.32 Å². The third-order valence-electron chi connectivity index (χ3n) is 4.06. The third-order valence-corrected chi connectivity index (χ3v) is 4.06. The standard InChI is InChI=1S/C15H20N8/c1-9(2)15-18-13-6-4-11(8-22(13)21-15)17-12-5-7-14-16-10(3)19-23(14)20-12/h5,7,9,11H,4,6,8H2,1-3H3,(H,17,20)/t11-/m1/s1. The first kappa shape index (κ1) is 14.1. The second-order valence-corrected chi connectivity index (χ2v) is 6.33. The van der Waals surface area contributed by atoms with Crippen LogP contribution in [0.25, 0.3) is 5.65 Å². The molecule has 8 heteroatoms. The normalized spacial score (nSPS) is 17.7. The molecule has 0 saturated carbocycles. The number of rotatable bonds is 3. The van der Waals surface area contributed by atoms with Gasteiger partial charge in [0.1, 0.15) is 17.5 Å². The van der Waals surface area contributed by atoms with Crippen molar-refractivity contribution in [3.8, 4) is 0 Å². The highest BCUT2D eigenvalue weighted by atomic mass is 15.5. The number of hydrogen-bond donors (Lipinski definition) is 1. The fourth-order valence-corrected chi connectivity index (χ4v) is 2.86. The maximum atomic E-state index is 4.62. The Labute approximate surface area is 133 Å². The van der Waals surface area contributed by atoms with Crippen molar-refractivity contribution in [3.05, 3.63) is 29.6 Å². The van der Waals surface area contributed by atoms with E-state index in [1.807, 2.05) is 23.7 Å². The van der Waals surface area contributed by atoms with Crippen molar-refractivity contribution in [2.75, 3.05) is 5.32 Å². The molecule has 8 nitrogen and oxygen atoms in total. The molecule has 0 radical (unpaired) electrons. The van der Waals surface area contributed by atoms with Gasteiger partial charge in [-0.2, -0.15) is 5.10 Å². The fraction of sp³-hybridized carbons (Fsp3) is 0.533. The molecule has 0 aliphatic carbocycles. The van der Waals surface area contributed by atoms with Crippen LogP contribution in [0.5, 0.6) is 0 Å². The second-order valence-electron chi connectivity index (χ2n) is 6.33. The number of nitrogens with zero attached hydrogens (tertiary/aromatic N) is 7. The molecule has 120 valence electrons. The third kappa shape index (κ3) is 2.64. The molecule has 23 heavy (non-hydrogen) atoms. The van der Waals surface area contributed by atoms with Crippen LogP contribution in [0, 0.1) is 6.92 Å². The van der Waals surface area contributed by atoms with Crippen LogP contribution in [0.3, 0.4) is 0 Å². The minimum Gasteiger partial charge on any atom is -0.364 e. The zero-order valence-electron chi connectivity index (χ0n) is 13.6. The highest BCUT2D eigenvalue weighted by Gasteiger charge is 2.22. The number of aryl methyl sites for hydroxylation is 2. The van der Waals surface area contributed by atoms with Gasteiger partial charge in [0.25, 0.3) is 0 Å². The Hall–Kier alpha value is -2.51. The quantitative estimate of drug-likeness (QED) is 0.790. The number of nitrogens with one attached hydrogen (secondary N) is 1. The van der Waals surface area contributed by atoms with Gasteiger partial charge in [-0.25, -0.2) is 14.6 Å². The lowest BCUT2D eigenvalue weighted by atomic mass is 10.1.